The molecule has 3 heterocycles. The maximum Gasteiger partial charge on any atom is 0.310 e. The van der Waals surface area contributed by atoms with Crippen molar-refractivity contribution in [2.45, 2.75) is 49.6 Å². The van der Waals surface area contributed by atoms with E-state index >= 15 is 0 Å². The number of fused-ring (bicyclic) bond motifs is 1. The van der Waals surface area contributed by atoms with Crippen LogP contribution >= 0.6 is 0 Å². The zero-order valence-corrected chi connectivity index (χ0v) is 20.6. The third-order valence-electron chi connectivity index (χ3n) is 8.05. The van der Waals surface area contributed by atoms with Gasteiger partial charge in [0, 0.05) is 13.1 Å². The van der Waals surface area contributed by atoms with Crippen molar-refractivity contribution in [3.63, 3.8) is 0 Å². The van der Waals surface area contributed by atoms with Crippen LogP contribution in [0.2, 0.25) is 0 Å². The number of amides is 2. The first kappa shape index (κ1) is 25.2. The average molecular weight is 505 g/mol. The molecule has 0 radical (unpaired) electrons. The molecule has 0 aromatic heterocycles. The molecule has 3 aliphatic rings. The van der Waals surface area contributed by atoms with E-state index in [1.807, 2.05) is 60.7 Å². The van der Waals surface area contributed by atoms with Gasteiger partial charge in [0.15, 0.2) is 0 Å². The SMILES string of the molecule is C=CCN(Cc1ccccc1)C(=O)[C@H]1N([C@@H](CO)Cc2ccccc2)C(=O)[C@@H]2[C@@H](C(=O)O)[C@H]3CC[C@]21O3. The summed E-state index contributed by atoms with van der Waals surface area (Å²) >= 11 is 0. The van der Waals surface area contributed by atoms with Gasteiger partial charge in [0.25, 0.3) is 0 Å². The Bertz CT molecular complexity index is 1170. The predicted octanol–water partition coefficient (Wildman–Crippen LogP) is 2.26. The molecule has 2 bridgehead atoms. The van der Waals surface area contributed by atoms with E-state index < -0.39 is 47.5 Å². The highest BCUT2D eigenvalue weighted by molar-refractivity contribution is 5.98. The average Bonchev–Trinajstić information content (AvgIpc) is 3.55. The van der Waals surface area contributed by atoms with Crippen molar-refractivity contribution in [2.75, 3.05) is 13.2 Å². The van der Waals surface area contributed by atoms with Gasteiger partial charge in [-0.1, -0.05) is 66.7 Å². The van der Waals surface area contributed by atoms with Crippen molar-refractivity contribution in [1.29, 1.82) is 0 Å². The number of benzene rings is 2. The van der Waals surface area contributed by atoms with Crippen LogP contribution in [0.25, 0.3) is 0 Å². The second-order valence-corrected chi connectivity index (χ2v) is 10.2. The minimum Gasteiger partial charge on any atom is -0.481 e. The molecule has 194 valence electrons. The first-order chi connectivity index (χ1) is 17.9. The summed E-state index contributed by atoms with van der Waals surface area (Å²) < 4.78 is 6.32. The number of nitrogens with zero attached hydrogens (tertiary/aromatic N) is 2. The summed E-state index contributed by atoms with van der Waals surface area (Å²) in [6.07, 6.45) is 2.25. The maximum absolute atomic E-state index is 14.3. The molecule has 8 heteroatoms. The maximum atomic E-state index is 14.3. The Kier molecular flexibility index (Phi) is 6.88. The highest BCUT2D eigenvalue weighted by Crippen LogP contribution is 2.59. The number of aliphatic hydroxyl groups is 1. The molecule has 2 aromatic carbocycles. The molecule has 3 saturated heterocycles. The number of aliphatic carboxylic acids is 1. The zero-order chi connectivity index (χ0) is 26.2. The monoisotopic (exact) mass is 504 g/mol. The zero-order valence-electron chi connectivity index (χ0n) is 20.6. The number of carbonyl (C=O) groups excluding carboxylic acids is 2. The third-order valence-corrected chi connectivity index (χ3v) is 8.05. The number of rotatable bonds is 10. The number of carboxylic acid groups (broad SMARTS) is 1. The Morgan fingerprint density at radius 2 is 1.78 bits per heavy atom. The van der Waals surface area contributed by atoms with Gasteiger partial charge >= 0.3 is 5.97 Å². The van der Waals surface area contributed by atoms with Crippen molar-refractivity contribution in [3.8, 4) is 0 Å². The third kappa shape index (κ3) is 4.24. The quantitative estimate of drug-likeness (QED) is 0.481. The lowest BCUT2D eigenvalue weighted by atomic mass is 9.70. The second kappa shape index (κ2) is 10.1. The van der Waals surface area contributed by atoms with E-state index in [9.17, 15) is 24.6 Å². The van der Waals surface area contributed by atoms with Crippen LogP contribution in [0, 0.1) is 11.8 Å². The Balaban J connectivity index is 1.56. The fraction of sp³-hybridized carbons (Fsp3) is 0.414. The number of likely N-dealkylation sites (tertiary alicyclic amines) is 1. The lowest BCUT2D eigenvalue weighted by Gasteiger charge is -2.39. The molecule has 0 saturated carbocycles. The fourth-order valence-electron chi connectivity index (χ4n) is 6.55. The van der Waals surface area contributed by atoms with E-state index in [4.69, 9.17) is 4.74 Å². The van der Waals surface area contributed by atoms with E-state index in [0.717, 1.165) is 11.1 Å². The molecule has 2 N–H and O–H groups in total. The summed E-state index contributed by atoms with van der Waals surface area (Å²) in [5, 5.41) is 20.5. The summed E-state index contributed by atoms with van der Waals surface area (Å²) in [4.78, 5) is 43.7. The van der Waals surface area contributed by atoms with E-state index in [1.54, 1.807) is 11.0 Å². The molecule has 5 rings (SSSR count). The molecule has 1 spiro atoms. The van der Waals surface area contributed by atoms with Crippen LogP contribution in [0.3, 0.4) is 0 Å². The van der Waals surface area contributed by atoms with Crippen LogP contribution < -0.4 is 0 Å². The summed E-state index contributed by atoms with van der Waals surface area (Å²) in [7, 11) is 0. The normalized spacial score (nSPS) is 28.7. The van der Waals surface area contributed by atoms with Gasteiger partial charge in [-0.3, -0.25) is 14.4 Å². The molecule has 2 amide bonds. The van der Waals surface area contributed by atoms with Crippen LogP contribution in [0.15, 0.2) is 73.3 Å². The first-order valence-corrected chi connectivity index (χ1v) is 12.7. The van der Waals surface area contributed by atoms with Gasteiger partial charge in [-0.05, 0) is 30.4 Å². The van der Waals surface area contributed by atoms with Crippen LogP contribution in [-0.4, -0.2) is 74.7 Å². The predicted molar refractivity (Wildman–Crippen MR) is 135 cm³/mol. The van der Waals surface area contributed by atoms with E-state index in [-0.39, 0.29) is 19.1 Å². The Morgan fingerprint density at radius 1 is 1.14 bits per heavy atom. The minimum absolute atomic E-state index is 0.251. The summed E-state index contributed by atoms with van der Waals surface area (Å²) in [6.45, 7) is 4.01. The summed E-state index contributed by atoms with van der Waals surface area (Å²) in [5.41, 5.74) is 0.593. The minimum atomic E-state index is -1.23. The molecule has 3 aliphatic heterocycles. The highest BCUT2D eigenvalue weighted by atomic mass is 16.5. The number of carbonyl (C=O) groups is 3. The van der Waals surface area contributed by atoms with E-state index in [2.05, 4.69) is 6.58 Å². The molecule has 2 aromatic rings. The van der Waals surface area contributed by atoms with Crippen molar-refractivity contribution < 1.29 is 29.3 Å². The number of hydrogen-bond donors (Lipinski definition) is 2. The first-order valence-electron chi connectivity index (χ1n) is 12.7. The Morgan fingerprint density at radius 3 is 2.38 bits per heavy atom. The number of ether oxygens (including phenoxy) is 1. The topological polar surface area (TPSA) is 107 Å². The van der Waals surface area contributed by atoms with Crippen molar-refractivity contribution >= 4 is 17.8 Å². The molecule has 6 atom stereocenters. The highest BCUT2D eigenvalue weighted by Gasteiger charge is 2.75. The largest absolute Gasteiger partial charge is 0.481 e. The standard InChI is InChI=1S/C29H32N2O6/c1-2-15-30(17-20-11-7-4-8-12-20)27(34)25-29-14-13-22(37-29)23(28(35)36)24(29)26(33)31(25)21(18-32)16-19-9-5-3-6-10-19/h2-12,21-25,32H,1,13-18H2,(H,35,36)/t21-,22-,23+,24+,25-,29+/m1/s1. The van der Waals surface area contributed by atoms with E-state index in [0.29, 0.717) is 25.8 Å². The van der Waals surface area contributed by atoms with Crippen LogP contribution in [-0.2, 0) is 32.1 Å². The van der Waals surface area contributed by atoms with Crippen LogP contribution in [0.4, 0.5) is 0 Å². The van der Waals surface area contributed by atoms with E-state index in [1.165, 1.54) is 4.90 Å². The summed E-state index contributed by atoms with van der Waals surface area (Å²) in [5.74, 6) is -3.82. The second-order valence-electron chi connectivity index (χ2n) is 10.2. The molecular formula is C29H32N2O6. The van der Waals surface area contributed by atoms with Gasteiger partial charge in [-0.25, -0.2) is 0 Å². The molecule has 0 unspecified atom stereocenters. The lowest BCUT2D eigenvalue weighted by Crippen LogP contribution is -2.59. The lowest BCUT2D eigenvalue weighted by molar-refractivity contribution is -0.153. The van der Waals surface area contributed by atoms with Gasteiger partial charge < -0.3 is 24.7 Å². The van der Waals surface area contributed by atoms with Gasteiger partial charge in [-0.15, -0.1) is 6.58 Å². The van der Waals surface area contributed by atoms with Crippen LogP contribution in [0.1, 0.15) is 24.0 Å². The van der Waals surface area contributed by atoms with Gasteiger partial charge in [-0.2, -0.15) is 0 Å². The molecule has 3 fully saturated rings. The van der Waals surface area contributed by atoms with Crippen molar-refractivity contribution in [1.82, 2.24) is 9.80 Å². The molecule has 37 heavy (non-hydrogen) atoms. The van der Waals surface area contributed by atoms with Gasteiger partial charge in [0.2, 0.25) is 11.8 Å². The smallest absolute Gasteiger partial charge is 0.310 e. The Hall–Kier alpha value is -3.49. The molecule has 0 aliphatic carbocycles. The fourth-order valence-corrected chi connectivity index (χ4v) is 6.55. The van der Waals surface area contributed by atoms with Gasteiger partial charge in [0.1, 0.15) is 11.6 Å². The number of aliphatic hydroxyl groups excluding tert-OH is 1. The van der Waals surface area contributed by atoms with Crippen molar-refractivity contribution in [3.05, 3.63) is 84.4 Å². The van der Waals surface area contributed by atoms with Crippen LogP contribution in [0.5, 0.6) is 0 Å². The molecule has 8 nitrogen and oxygen atoms in total. The molecular weight excluding hydrogens is 472 g/mol. The van der Waals surface area contributed by atoms with Gasteiger partial charge in [0.05, 0.1) is 30.6 Å². The van der Waals surface area contributed by atoms with Crippen molar-refractivity contribution in [2.24, 2.45) is 11.8 Å². The number of hydrogen-bond acceptors (Lipinski definition) is 5. The summed E-state index contributed by atoms with van der Waals surface area (Å²) in [6, 6.07) is 17.2. The number of carboxylic acids is 1. The Labute approximate surface area is 216 Å².